The molecule has 1 amide bonds. The lowest BCUT2D eigenvalue weighted by atomic mass is 10.2. The number of nitrogens with two attached hydrogens (primary N) is 1. The van der Waals surface area contributed by atoms with E-state index >= 15 is 0 Å². The van der Waals surface area contributed by atoms with Crippen molar-refractivity contribution >= 4 is 11.7 Å². The van der Waals surface area contributed by atoms with Crippen molar-refractivity contribution in [3.05, 3.63) is 17.3 Å². The molecule has 8 heteroatoms. The zero-order valence-electron chi connectivity index (χ0n) is 12.5. The second kappa shape index (κ2) is 6.13. The Labute approximate surface area is 123 Å². The maximum atomic E-state index is 12.4. The number of oxime groups is 1. The fourth-order valence-electron chi connectivity index (χ4n) is 2.46. The maximum Gasteiger partial charge on any atom is 0.291 e. The maximum absolute atomic E-state index is 12.4. The van der Waals surface area contributed by atoms with Gasteiger partial charge in [0, 0.05) is 33.1 Å². The lowest BCUT2D eigenvalue weighted by Gasteiger charge is -2.37. The average Bonchev–Trinajstić information content (AvgIpc) is 2.83. The molecule has 1 aliphatic rings. The summed E-state index contributed by atoms with van der Waals surface area (Å²) in [5, 5.41) is 11.7. The Hall–Kier alpha value is -2.09. The van der Waals surface area contributed by atoms with E-state index < -0.39 is 0 Å². The minimum Gasteiger partial charge on any atom is -0.436 e. The molecule has 0 radical (unpaired) electrons. The number of hydrogen-bond acceptors (Lipinski definition) is 6. The van der Waals surface area contributed by atoms with Crippen molar-refractivity contribution in [1.82, 2.24) is 14.8 Å². The fourth-order valence-corrected chi connectivity index (χ4v) is 2.46. The number of aromatic nitrogens is 1. The van der Waals surface area contributed by atoms with Crippen LogP contribution >= 0.6 is 0 Å². The molecule has 21 heavy (non-hydrogen) atoms. The standard InChI is InChI=1S/C13H21N5O3/c1-8-11(21-10(3)15-8)13(19)18-6-4-17(5-7-18)9(2)12(14)16-20/h9,20H,4-7H2,1-3H3,(H2,14,16). The van der Waals surface area contributed by atoms with E-state index in [1.54, 1.807) is 18.7 Å². The van der Waals surface area contributed by atoms with Gasteiger partial charge >= 0.3 is 0 Å². The molecule has 8 nitrogen and oxygen atoms in total. The molecule has 0 spiro atoms. The van der Waals surface area contributed by atoms with Gasteiger partial charge in [-0.15, -0.1) is 0 Å². The zero-order valence-corrected chi connectivity index (χ0v) is 12.5. The monoisotopic (exact) mass is 295 g/mol. The van der Waals surface area contributed by atoms with Gasteiger partial charge in [0.2, 0.25) is 5.76 Å². The Bertz CT molecular complexity index is 546. The number of hydrogen-bond donors (Lipinski definition) is 2. The van der Waals surface area contributed by atoms with Gasteiger partial charge in [-0.05, 0) is 13.8 Å². The van der Waals surface area contributed by atoms with Gasteiger partial charge in [-0.25, -0.2) is 4.98 Å². The van der Waals surface area contributed by atoms with Gasteiger partial charge in [0.25, 0.3) is 5.91 Å². The number of amidine groups is 1. The Morgan fingerprint density at radius 2 is 2.00 bits per heavy atom. The molecule has 3 N–H and O–H groups in total. The Morgan fingerprint density at radius 1 is 1.38 bits per heavy atom. The Kier molecular flexibility index (Phi) is 4.46. The third-order valence-electron chi connectivity index (χ3n) is 3.79. The van der Waals surface area contributed by atoms with Crippen molar-refractivity contribution in [3.8, 4) is 0 Å². The number of carbonyl (C=O) groups is 1. The molecule has 0 bridgehead atoms. The third-order valence-corrected chi connectivity index (χ3v) is 3.79. The van der Waals surface area contributed by atoms with E-state index in [0.717, 1.165) is 0 Å². The molecule has 0 aliphatic carbocycles. The van der Waals surface area contributed by atoms with Crippen LogP contribution in [0.5, 0.6) is 0 Å². The highest BCUT2D eigenvalue weighted by Crippen LogP contribution is 2.15. The highest BCUT2D eigenvalue weighted by atomic mass is 16.4. The second-order valence-corrected chi connectivity index (χ2v) is 5.18. The molecule has 2 heterocycles. The van der Waals surface area contributed by atoms with E-state index in [2.05, 4.69) is 15.0 Å². The summed E-state index contributed by atoms with van der Waals surface area (Å²) >= 11 is 0. The molecule has 1 fully saturated rings. The molecule has 1 aromatic heterocycles. The Morgan fingerprint density at radius 3 is 2.48 bits per heavy atom. The van der Waals surface area contributed by atoms with E-state index in [-0.39, 0.29) is 17.8 Å². The molecule has 0 aromatic carbocycles. The Balaban J connectivity index is 1.98. The van der Waals surface area contributed by atoms with Crippen molar-refractivity contribution in [2.75, 3.05) is 26.2 Å². The van der Waals surface area contributed by atoms with E-state index in [9.17, 15) is 4.79 Å². The summed E-state index contributed by atoms with van der Waals surface area (Å²) in [6.07, 6.45) is 0. The summed E-state index contributed by atoms with van der Waals surface area (Å²) in [5.74, 6) is 0.848. The predicted molar refractivity (Wildman–Crippen MR) is 76.3 cm³/mol. The van der Waals surface area contributed by atoms with Crippen LogP contribution in [0.25, 0.3) is 0 Å². The molecule has 1 atom stereocenters. The molecule has 1 aliphatic heterocycles. The molecule has 116 valence electrons. The molecule has 2 rings (SSSR count). The number of rotatable bonds is 3. The van der Waals surface area contributed by atoms with Crippen molar-refractivity contribution in [3.63, 3.8) is 0 Å². The van der Waals surface area contributed by atoms with Gasteiger partial charge in [-0.2, -0.15) is 0 Å². The van der Waals surface area contributed by atoms with Crippen molar-refractivity contribution in [2.24, 2.45) is 10.9 Å². The van der Waals surface area contributed by atoms with Crippen molar-refractivity contribution in [2.45, 2.75) is 26.8 Å². The fraction of sp³-hybridized carbons (Fsp3) is 0.615. The highest BCUT2D eigenvalue weighted by Gasteiger charge is 2.28. The summed E-state index contributed by atoms with van der Waals surface area (Å²) in [7, 11) is 0. The lowest BCUT2D eigenvalue weighted by Crippen LogP contribution is -2.54. The topological polar surface area (TPSA) is 108 Å². The van der Waals surface area contributed by atoms with E-state index in [1.807, 2.05) is 6.92 Å². The zero-order chi connectivity index (χ0) is 15.6. The summed E-state index contributed by atoms with van der Waals surface area (Å²) in [6, 6.07) is -0.151. The van der Waals surface area contributed by atoms with Crippen LogP contribution in [0.1, 0.15) is 29.1 Å². The van der Waals surface area contributed by atoms with Gasteiger partial charge in [0.05, 0.1) is 11.7 Å². The second-order valence-electron chi connectivity index (χ2n) is 5.18. The quantitative estimate of drug-likeness (QED) is 0.356. The average molecular weight is 295 g/mol. The van der Waals surface area contributed by atoms with Crippen LogP contribution in [0.2, 0.25) is 0 Å². The number of oxazole rings is 1. The van der Waals surface area contributed by atoms with Gasteiger partial charge in [0.15, 0.2) is 11.7 Å². The molecule has 1 unspecified atom stereocenters. The van der Waals surface area contributed by atoms with Crippen LogP contribution in [-0.4, -0.2) is 64.0 Å². The summed E-state index contributed by atoms with van der Waals surface area (Å²) in [4.78, 5) is 20.3. The third kappa shape index (κ3) is 3.15. The van der Waals surface area contributed by atoms with Crippen LogP contribution in [-0.2, 0) is 0 Å². The van der Waals surface area contributed by atoms with Crippen LogP contribution in [0.4, 0.5) is 0 Å². The SMILES string of the molecule is Cc1nc(C)c(C(=O)N2CCN(C(C)C(N)=NO)CC2)o1. The largest absolute Gasteiger partial charge is 0.436 e. The number of amides is 1. The first-order chi connectivity index (χ1) is 9.93. The van der Waals surface area contributed by atoms with Crippen LogP contribution in [0.15, 0.2) is 9.57 Å². The number of piperazine rings is 1. The summed E-state index contributed by atoms with van der Waals surface area (Å²) in [6.45, 7) is 7.82. The first-order valence-electron chi connectivity index (χ1n) is 6.88. The number of aryl methyl sites for hydroxylation is 2. The van der Waals surface area contributed by atoms with Gasteiger partial charge < -0.3 is 20.3 Å². The highest BCUT2D eigenvalue weighted by molar-refractivity contribution is 5.92. The van der Waals surface area contributed by atoms with E-state index in [4.69, 9.17) is 15.4 Å². The molecule has 1 saturated heterocycles. The number of nitrogens with zero attached hydrogens (tertiary/aromatic N) is 4. The lowest BCUT2D eigenvalue weighted by molar-refractivity contribution is 0.0586. The minimum absolute atomic E-state index is 0.135. The summed E-state index contributed by atoms with van der Waals surface area (Å²) < 4.78 is 5.37. The van der Waals surface area contributed by atoms with Gasteiger partial charge in [0.1, 0.15) is 0 Å². The molecular formula is C13H21N5O3. The van der Waals surface area contributed by atoms with Crippen LogP contribution in [0.3, 0.4) is 0 Å². The predicted octanol–water partition coefficient (Wildman–Crippen LogP) is 0.184. The van der Waals surface area contributed by atoms with Crippen LogP contribution in [0, 0.1) is 13.8 Å². The first kappa shape index (κ1) is 15.3. The normalized spacial score (nSPS) is 18.8. The van der Waals surface area contributed by atoms with Crippen molar-refractivity contribution < 1.29 is 14.4 Å². The van der Waals surface area contributed by atoms with Gasteiger partial charge in [-0.3, -0.25) is 9.69 Å². The van der Waals surface area contributed by atoms with Crippen molar-refractivity contribution in [1.29, 1.82) is 0 Å². The molecular weight excluding hydrogens is 274 g/mol. The smallest absolute Gasteiger partial charge is 0.291 e. The number of carbonyl (C=O) groups excluding carboxylic acids is 1. The van der Waals surface area contributed by atoms with E-state index in [0.29, 0.717) is 43.5 Å². The molecule has 1 aromatic rings. The van der Waals surface area contributed by atoms with Crippen LogP contribution < -0.4 is 5.73 Å². The van der Waals surface area contributed by atoms with E-state index in [1.165, 1.54) is 0 Å². The first-order valence-corrected chi connectivity index (χ1v) is 6.88. The van der Waals surface area contributed by atoms with Gasteiger partial charge in [-0.1, -0.05) is 5.16 Å². The minimum atomic E-state index is -0.151. The summed E-state index contributed by atoms with van der Waals surface area (Å²) in [5.41, 5.74) is 6.23. The molecule has 0 saturated carbocycles.